The number of ether oxygens (including phenoxy) is 1. The molecule has 26 heavy (non-hydrogen) atoms. The molecule has 0 aliphatic carbocycles. The van der Waals surface area contributed by atoms with E-state index in [0.717, 1.165) is 11.3 Å². The summed E-state index contributed by atoms with van der Waals surface area (Å²) in [6, 6.07) is 15.4. The van der Waals surface area contributed by atoms with Crippen LogP contribution in [0.5, 0.6) is 5.75 Å². The van der Waals surface area contributed by atoms with E-state index in [2.05, 4.69) is 10.1 Å². The molecule has 140 valence electrons. The highest BCUT2D eigenvalue weighted by Gasteiger charge is 2.22. The van der Waals surface area contributed by atoms with Crippen LogP contribution >= 0.6 is 0 Å². The molecule has 2 aromatic rings. The molecule has 2 rings (SSSR count). The highest BCUT2D eigenvalue weighted by atomic mass is 19.3. The molecule has 0 spiro atoms. The van der Waals surface area contributed by atoms with Gasteiger partial charge in [-0.05, 0) is 50.6 Å². The van der Waals surface area contributed by atoms with Crippen molar-refractivity contribution in [2.75, 3.05) is 11.4 Å². The Hall–Kier alpha value is -2.47. The molecule has 1 N–H and O–H groups in total. The number of likely N-dealkylation sites (N-methyl/N-ethyl adjacent to an activating group) is 1. The molecule has 0 aromatic heterocycles. The fourth-order valence-corrected chi connectivity index (χ4v) is 2.79. The monoisotopic (exact) mass is 362 g/mol. The van der Waals surface area contributed by atoms with Crippen molar-refractivity contribution in [1.82, 2.24) is 5.32 Å². The Balaban J connectivity index is 2.01. The van der Waals surface area contributed by atoms with Gasteiger partial charge in [0.15, 0.2) is 0 Å². The molecule has 0 aliphatic rings. The Labute approximate surface area is 152 Å². The normalized spacial score (nSPS) is 13.3. The van der Waals surface area contributed by atoms with E-state index in [4.69, 9.17) is 0 Å². The Morgan fingerprint density at radius 2 is 1.69 bits per heavy atom. The minimum Gasteiger partial charge on any atom is -0.435 e. The van der Waals surface area contributed by atoms with Crippen LogP contribution in [0.2, 0.25) is 0 Å². The maximum Gasteiger partial charge on any atom is 0.387 e. The fraction of sp³-hybridized carbons (Fsp3) is 0.350. The number of rotatable bonds is 8. The summed E-state index contributed by atoms with van der Waals surface area (Å²) >= 11 is 0. The van der Waals surface area contributed by atoms with E-state index in [1.165, 1.54) is 12.1 Å². The summed E-state index contributed by atoms with van der Waals surface area (Å²) in [7, 11) is 0. The minimum atomic E-state index is -2.84. The predicted molar refractivity (Wildman–Crippen MR) is 98.6 cm³/mol. The van der Waals surface area contributed by atoms with Crippen LogP contribution in [-0.4, -0.2) is 25.1 Å². The second kappa shape index (κ2) is 9.29. The molecule has 2 aromatic carbocycles. The summed E-state index contributed by atoms with van der Waals surface area (Å²) in [6.45, 7) is 3.41. The lowest BCUT2D eigenvalue weighted by atomic mass is 10.1. The van der Waals surface area contributed by atoms with Gasteiger partial charge in [0.25, 0.3) is 0 Å². The number of halogens is 2. The molecule has 4 nitrogen and oxygen atoms in total. The molecular formula is C20H24F2N2O2. The van der Waals surface area contributed by atoms with Gasteiger partial charge in [0, 0.05) is 18.3 Å². The van der Waals surface area contributed by atoms with Gasteiger partial charge < -0.3 is 9.64 Å². The van der Waals surface area contributed by atoms with Gasteiger partial charge in [0.05, 0.1) is 6.04 Å². The Bertz CT molecular complexity index is 693. The number of benzene rings is 2. The molecule has 0 bridgehead atoms. The molecule has 0 heterocycles. The van der Waals surface area contributed by atoms with E-state index in [-0.39, 0.29) is 17.7 Å². The van der Waals surface area contributed by atoms with Crippen molar-refractivity contribution in [1.29, 1.82) is 0 Å². The van der Waals surface area contributed by atoms with Crippen LogP contribution in [0.25, 0.3) is 0 Å². The summed E-state index contributed by atoms with van der Waals surface area (Å²) in [5.74, 6) is 0.0875. The van der Waals surface area contributed by atoms with Crippen molar-refractivity contribution in [3.8, 4) is 5.75 Å². The molecule has 2 unspecified atom stereocenters. The van der Waals surface area contributed by atoms with Gasteiger partial charge in [-0.2, -0.15) is 8.78 Å². The van der Waals surface area contributed by atoms with Crippen LogP contribution in [-0.2, 0) is 4.79 Å². The smallest absolute Gasteiger partial charge is 0.387 e. The minimum absolute atomic E-state index is 0.0248. The first-order valence-corrected chi connectivity index (χ1v) is 8.59. The molecule has 0 saturated heterocycles. The molecule has 1 amide bonds. The second-order valence-electron chi connectivity index (χ2n) is 5.98. The Kier molecular flexibility index (Phi) is 7.09. The second-order valence-corrected chi connectivity index (χ2v) is 5.98. The maximum atomic E-state index is 12.8. The number of para-hydroxylation sites is 1. The third-order valence-electron chi connectivity index (χ3n) is 4.13. The van der Waals surface area contributed by atoms with Crippen molar-refractivity contribution in [2.24, 2.45) is 0 Å². The summed E-state index contributed by atoms with van der Waals surface area (Å²) in [5, 5.41) is 3.26. The molecule has 6 heteroatoms. The van der Waals surface area contributed by atoms with Crippen LogP contribution in [0.3, 0.4) is 0 Å². The average Bonchev–Trinajstić information content (AvgIpc) is 2.63. The summed E-state index contributed by atoms with van der Waals surface area (Å²) in [4.78, 5) is 14.5. The quantitative estimate of drug-likeness (QED) is 0.758. The van der Waals surface area contributed by atoms with E-state index >= 15 is 0 Å². The van der Waals surface area contributed by atoms with Gasteiger partial charge in [-0.3, -0.25) is 10.1 Å². The lowest BCUT2D eigenvalue weighted by molar-refractivity contribution is -0.120. The molecule has 0 fully saturated rings. The summed E-state index contributed by atoms with van der Waals surface area (Å²) < 4.78 is 28.8. The number of nitrogens with zero attached hydrogens (tertiary/aromatic N) is 1. The number of carbonyl (C=O) groups is 1. The largest absolute Gasteiger partial charge is 0.435 e. The maximum absolute atomic E-state index is 12.8. The van der Waals surface area contributed by atoms with E-state index < -0.39 is 12.7 Å². The lowest BCUT2D eigenvalue weighted by Crippen LogP contribution is -2.45. The van der Waals surface area contributed by atoms with E-state index in [1.807, 2.05) is 51.1 Å². The molecule has 0 aliphatic heterocycles. The average molecular weight is 362 g/mol. The first-order valence-electron chi connectivity index (χ1n) is 8.59. The van der Waals surface area contributed by atoms with Gasteiger partial charge >= 0.3 is 6.61 Å². The van der Waals surface area contributed by atoms with Gasteiger partial charge in [-0.25, -0.2) is 0 Å². The number of carbonyl (C=O) groups excluding carboxylic acids is 1. The predicted octanol–water partition coefficient (Wildman–Crippen LogP) is 4.38. The van der Waals surface area contributed by atoms with Gasteiger partial charge in [-0.1, -0.05) is 30.3 Å². The van der Waals surface area contributed by atoms with Crippen molar-refractivity contribution >= 4 is 11.6 Å². The molecular weight excluding hydrogens is 338 g/mol. The van der Waals surface area contributed by atoms with Crippen molar-refractivity contribution in [3.63, 3.8) is 0 Å². The van der Waals surface area contributed by atoms with Crippen LogP contribution in [0.1, 0.15) is 32.4 Å². The number of nitrogens with one attached hydrogen (secondary N) is 1. The highest BCUT2D eigenvalue weighted by Crippen LogP contribution is 2.20. The van der Waals surface area contributed by atoms with Crippen molar-refractivity contribution < 1.29 is 18.3 Å². The van der Waals surface area contributed by atoms with E-state index in [1.54, 1.807) is 17.0 Å². The van der Waals surface area contributed by atoms with Crippen molar-refractivity contribution in [3.05, 3.63) is 60.2 Å². The van der Waals surface area contributed by atoms with Crippen molar-refractivity contribution in [2.45, 2.75) is 39.5 Å². The first kappa shape index (κ1) is 19.8. The van der Waals surface area contributed by atoms with Crippen LogP contribution < -0.4 is 15.0 Å². The number of hydrogen-bond acceptors (Lipinski definition) is 3. The first-order chi connectivity index (χ1) is 12.4. The summed E-state index contributed by atoms with van der Waals surface area (Å²) in [5.41, 5.74) is 1.74. The Morgan fingerprint density at radius 3 is 2.23 bits per heavy atom. The molecule has 0 radical (unpaired) electrons. The molecule has 2 atom stereocenters. The fourth-order valence-electron chi connectivity index (χ4n) is 2.79. The third-order valence-corrected chi connectivity index (χ3v) is 4.13. The lowest BCUT2D eigenvalue weighted by Gasteiger charge is -2.27. The van der Waals surface area contributed by atoms with E-state index in [0.29, 0.717) is 6.54 Å². The number of anilines is 1. The highest BCUT2D eigenvalue weighted by molar-refractivity contribution is 5.96. The van der Waals surface area contributed by atoms with Crippen LogP contribution in [0.4, 0.5) is 14.5 Å². The number of alkyl halides is 2. The van der Waals surface area contributed by atoms with Gasteiger partial charge in [0.1, 0.15) is 5.75 Å². The zero-order valence-corrected chi connectivity index (χ0v) is 15.2. The van der Waals surface area contributed by atoms with Gasteiger partial charge in [0.2, 0.25) is 5.91 Å². The van der Waals surface area contributed by atoms with E-state index in [9.17, 15) is 13.6 Å². The molecule has 0 saturated carbocycles. The number of amides is 1. The standard InChI is InChI=1S/C20H24F2N2O2/c1-4-24(17-8-6-5-7-9-17)19(25)15(3)23-14(2)16-10-12-18(13-11-16)26-20(21)22/h5-15,20,23H,4H2,1-3H3. The van der Waals surface area contributed by atoms with Crippen LogP contribution in [0, 0.1) is 0 Å². The Morgan fingerprint density at radius 1 is 1.08 bits per heavy atom. The topological polar surface area (TPSA) is 41.6 Å². The summed E-state index contributed by atoms with van der Waals surface area (Å²) in [6.07, 6.45) is 0. The third kappa shape index (κ3) is 5.26. The number of hydrogen-bond donors (Lipinski definition) is 1. The zero-order chi connectivity index (χ0) is 19.1. The SMILES string of the molecule is CCN(C(=O)C(C)NC(C)c1ccc(OC(F)F)cc1)c1ccccc1. The van der Waals surface area contributed by atoms with Gasteiger partial charge in [-0.15, -0.1) is 0 Å². The van der Waals surface area contributed by atoms with Crippen LogP contribution in [0.15, 0.2) is 54.6 Å². The zero-order valence-electron chi connectivity index (χ0n) is 15.2.